The zero-order chi connectivity index (χ0) is 9.78. The third-order valence-electron chi connectivity index (χ3n) is 1.57. The van der Waals surface area contributed by atoms with Crippen LogP contribution in [0.3, 0.4) is 0 Å². The summed E-state index contributed by atoms with van der Waals surface area (Å²) in [4.78, 5) is 0. The van der Waals surface area contributed by atoms with Gasteiger partial charge >= 0.3 is 0 Å². The molecular weight excluding hydrogens is 184 g/mol. The molecule has 0 saturated carbocycles. The molecule has 0 rings (SSSR count). The van der Waals surface area contributed by atoms with E-state index in [1.807, 2.05) is 10.8 Å². The van der Waals surface area contributed by atoms with Crippen molar-refractivity contribution >= 4 is 21.6 Å². The van der Waals surface area contributed by atoms with Gasteiger partial charge in [-0.05, 0) is 12.3 Å². The molecule has 0 amide bonds. The molecule has 2 heteroatoms. The lowest BCUT2D eigenvalue weighted by Gasteiger charge is -2.23. The molecule has 0 nitrogen and oxygen atoms in total. The fourth-order valence-corrected chi connectivity index (χ4v) is 3.94. The molecule has 0 saturated heterocycles. The molecule has 1 atom stereocenters. The Morgan fingerprint density at radius 2 is 1.67 bits per heavy atom. The second kappa shape index (κ2) is 5.43. The van der Waals surface area contributed by atoms with Crippen molar-refractivity contribution in [3.8, 4) is 0 Å². The topological polar surface area (TPSA) is 0 Å². The predicted octanol–water partition coefficient (Wildman–Crippen LogP) is 4.60. The highest BCUT2D eigenvalue weighted by molar-refractivity contribution is 8.77. The molecule has 0 aliphatic heterocycles. The van der Waals surface area contributed by atoms with Gasteiger partial charge in [0.15, 0.2) is 0 Å². The van der Waals surface area contributed by atoms with Gasteiger partial charge in [0.1, 0.15) is 0 Å². The van der Waals surface area contributed by atoms with E-state index in [2.05, 4.69) is 52.3 Å². The maximum absolute atomic E-state index is 2.31. The molecule has 0 heterocycles. The van der Waals surface area contributed by atoms with Gasteiger partial charge in [0.2, 0.25) is 0 Å². The molecule has 12 heavy (non-hydrogen) atoms. The largest absolute Gasteiger partial charge is 0.0899 e. The summed E-state index contributed by atoms with van der Waals surface area (Å²) < 4.78 is 0.396. The first-order chi connectivity index (χ1) is 5.37. The molecule has 0 spiro atoms. The summed E-state index contributed by atoms with van der Waals surface area (Å²) in [5.41, 5.74) is 0. The molecule has 0 N–H and O–H groups in total. The lowest BCUT2D eigenvalue weighted by Crippen LogP contribution is -2.12. The van der Waals surface area contributed by atoms with Crippen LogP contribution in [-0.2, 0) is 0 Å². The predicted molar refractivity (Wildman–Crippen MR) is 63.9 cm³/mol. The minimum Gasteiger partial charge on any atom is -0.0899 e. The van der Waals surface area contributed by atoms with E-state index in [1.165, 1.54) is 6.42 Å². The monoisotopic (exact) mass is 206 g/mol. The van der Waals surface area contributed by atoms with Crippen molar-refractivity contribution in [2.45, 2.75) is 58.0 Å². The summed E-state index contributed by atoms with van der Waals surface area (Å²) >= 11 is 0. The van der Waals surface area contributed by atoms with Crippen LogP contribution in [0.15, 0.2) is 0 Å². The van der Waals surface area contributed by atoms with Gasteiger partial charge in [0.05, 0.1) is 0 Å². The van der Waals surface area contributed by atoms with Crippen LogP contribution >= 0.6 is 21.6 Å². The highest BCUT2D eigenvalue weighted by Gasteiger charge is 2.17. The summed E-state index contributed by atoms with van der Waals surface area (Å²) in [6.45, 7) is 13.7. The summed E-state index contributed by atoms with van der Waals surface area (Å²) in [5, 5.41) is 0.814. The third kappa shape index (κ3) is 6.24. The van der Waals surface area contributed by atoms with Crippen molar-refractivity contribution in [2.75, 3.05) is 0 Å². The molecule has 0 aliphatic rings. The van der Waals surface area contributed by atoms with E-state index < -0.39 is 0 Å². The molecule has 74 valence electrons. The number of hydrogen-bond donors (Lipinski definition) is 0. The van der Waals surface area contributed by atoms with E-state index in [9.17, 15) is 0 Å². The van der Waals surface area contributed by atoms with Crippen molar-refractivity contribution in [1.29, 1.82) is 0 Å². The van der Waals surface area contributed by atoms with Gasteiger partial charge in [-0.3, -0.25) is 0 Å². The van der Waals surface area contributed by atoms with Crippen molar-refractivity contribution in [1.82, 2.24) is 0 Å². The number of hydrogen-bond acceptors (Lipinski definition) is 2. The van der Waals surface area contributed by atoms with E-state index >= 15 is 0 Å². The van der Waals surface area contributed by atoms with Gasteiger partial charge in [-0.1, -0.05) is 63.1 Å². The van der Waals surface area contributed by atoms with Crippen LogP contribution in [-0.4, -0.2) is 10.00 Å². The molecule has 0 radical (unpaired) electrons. The van der Waals surface area contributed by atoms with Gasteiger partial charge < -0.3 is 0 Å². The van der Waals surface area contributed by atoms with Gasteiger partial charge in [-0.15, -0.1) is 0 Å². The molecule has 0 aromatic heterocycles. The zero-order valence-corrected chi connectivity index (χ0v) is 10.8. The van der Waals surface area contributed by atoms with Crippen molar-refractivity contribution in [2.24, 2.45) is 5.92 Å². The van der Waals surface area contributed by atoms with E-state index in [-0.39, 0.29) is 0 Å². The van der Waals surface area contributed by atoms with Crippen LogP contribution in [0.4, 0.5) is 0 Å². The Hall–Kier alpha value is 0.700. The molecule has 0 aromatic carbocycles. The average molecular weight is 206 g/mol. The fourth-order valence-electron chi connectivity index (χ4n) is 0.857. The van der Waals surface area contributed by atoms with Crippen molar-refractivity contribution in [3.63, 3.8) is 0 Å². The highest BCUT2D eigenvalue weighted by Crippen LogP contribution is 2.41. The normalized spacial score (nSPS) is 15.2. The van der Waals surface area contributed by atoms with E-state index in [0.717, 1.165) is 11.2 Å². The minimum absolute atomic E-state index is 0.396. The first-order valence-electron chi connectivity index (χ1n) is 4.71. The van der Waals surface area contributed by atoms with E-state index in [4.69, 9.17) is 0 Å². The summed E-state index contributed by atoms with van der Waals surface area (Å²) in [6, 6.07) is 0. The van der Waals surface area contributed by atoms with Crippen LogP contribution < -0.4 is 0 Å². The summed E-state index contributed by atoms with van der Waals surface area (Å²) in [6.07, 6.45) is 1.28. The van der Waals surface area contributed by atoms with Gasteiger partial charge in [0.25, 0.3) is 0 Å². The Kier molecular flexibility index (Phi) is 5.75. The van der Waals surface area contributed by atoms with Crippen LogP contribution in [0.2, 0.25) is 0 Å². The zero-order valence-electron chi connectivity index (χ0n) is 9.18. The Labute approximate surface area is 85.7 Å². The van der Waals surface area contributed by atoms with Crippen LogP contribution in [0.25, 0.3) is 0 Å². The first-order valence-corrected chi connectivity index (χ1v) is 6.92. The Bertz CT molecular complexity index is 113. The molecule has 0 aliphatic carbocycles. The van der Waals surface area contributed by atoms with Crippen molar-refractivity contribution < 1.29 is 0 Å². The van der Waals surface area contributed by atoms with Crippen LogP contribution in [0, 0.1) is 5.92 Å². The Morgan fingerprint density at radius 1 is 1.17 bits per heavy atom. The van der Waals surface area contributed by atoms with Gasteiger partial charge in [0, 0.05) is 10.00 Å². The smallest absolute Gasteiger partial charge is 0.0179 e. The molecule has 0 unspecified atom stereocenters. The summed E-state index contributed by atoms with van der Waals surface area (Å²) in [5.74, 6) is 0.801. The second-order valence-electron chi connectivity index (χ2n) is 4.48. The van der Waals surface area contributed by atoms with E-state index in [0.29, 0.717) is 4.75 Å². The lowest BCUT2D eigenvalue weighted by molar-refractivity contribution is 0.596. The minimum atomic E-state index is 0.396. The molecule has 0 bridgehead atoms. The Balaban J connectivity index is 3.73. The molecular formula is C10H22S2. The van der Waals surface area contributed by atoms with E-state index in [1.54, 1.807) is 0 Å². The SMILES string of the molecule is CC[C@@H](SSC(C)(C)C)C(C)C. The quantitative estimate of drug-likeness (QED) is 0.617. The lowest BCUT2D eigenvalue weighted by atomic mass is 10.1. The number of rotatable bonds is 4. The Morgan fingerprint density at radius 3 is 1.92 bits per heavy atom. The maximum Gasteiger partial charge on any atom is 0.0179 e. The van der Waals surface area contributed by atoms with Gasteiger partial charge in [-0.2, -0.15) is 0 Å². The van der Waals surface area contributed by atoms with Crippen molar-refractivity contribution in [3.05, 3.63) is 0 Å². The van der Waals surface area contributed by atoms with Gasteiger partial charge in [-0.25, -0.2) is 0 Å². The highest BCUT2D eigenvalue weighted by atomic mass is 33.1. The first kappa shape index (κ1) is 12.7. The van der Waals surface area contributed by atoms with Crippen LogP contribution in [0.5, 0.6) is 0 Å². The fraction of sp³-hybridized carbons (Fsp3) is 1.00. The molecule has 0 fully saturated rings. The average Bonchev–Trinajstić information content (AvgIpc) is 1.85. The van der Waals surface area contributed by atoms with Crippen LogP contribution in [0.1, 0.15) is 48.0 Å². The maximum atomic E-state index is 2.31. The molecule has 0 aromatic rings. The third-order valence-corrected chi connectivity index (χ3v) is 5.82. The second-order valence-corrected chi connectivity index (χ2v) is 7.75. The summed E-state index contributed by atoms with van der Waals surface area (Å²) in [7, 11) is 4.06. The standard InChI is InChI=1S/C10H22S2/c1-7-9(8(2)3)11-12-10(4,5)6/h8-9H,7H2,1-6H3/t9-/m1/s1.